The molecule has 1 aliphatic heterocycles. The molecule has 12 heteroatoms. The van der Waals surface area contributed by atoms with E-state index in [1.807, 2.05) is 48.5 Å². The zero-order valence-corrected chi connectivity index (χ0v) is 29.6. The van der Waals surface area contributed by atoms with Crippen LogP contribution >= 0.6 is 23.1 Å². The highest BCUT2D eigenvalue weighted by Crippen LogP contribution is 2.21. The van der Waals surface area contributed by atoms with E-state index < -0.39 is 29.9 Å². The standard InChI is InChI=1S/C37H44N4O6S2/c1-3-5-6-7-8-19-34(43)48-20-12-11-17-27-22-32(42)38-23-33-39-31(24-49-33)36(45)40-29(4-2)35(44)41-30(37(46)47-27)21-26-16-13-15-25-14-9-10-18-28(25)26/h4,9-11,13-18,24,27,30H,3,5-8,12,19-23H2,1-2H3,(H,38,42)(H,40,45)(H,41,44)/b17-11+,29-4-/t27-,30+/m1/s1. The number of aromatic nitrogens is 1. The molecule has 0 saturated carbocycles. The van der Waals surface area contributed by atoms with Gasteiger partial charge in [0.2, 0.25) is 5.91 Å². The van der Waals surface area contributed by atoms with Crippen LogP contribution in [0.5, 0.6) is 0 Å². The molecule has 3 N–H and O–H groups in total. The average molecular weight is 705 g/mol. The number of carbonyl (C=O) groups excluding carboxylic acids is 5. The van der Waals surface area contributed by atoms with E-state index in [1.165, 1.54) is 35.6 Å². The van der Waals surface area contributed by atoms with Crippen LogP contribution in [0.15, 0.2) is 71.8 Å². The number of rotatable bonds is 12. The first-order chi connectivity index (χ1) is 23.8. The molecule has 0 fully saturated rings. The van der Waals surface area contributed by atoms with Gasteiger partial charge in [0.05, 0.1) is 13.0 Å². The molecule has 10 nitrogen and oxygen atoms in total. The van der Waals surface area contributed by atoms with Crippen molar-refractivity contribution in [1.29, 1.82) is 0 Å². The Bertz CT molecular complexity index is 1680. The van der Waals surface area contributed by atoms with E-state index in [9.17, 15) is 24.0 Å². The molecular weight excluding hydrogens is 661 g/mol. The van der Waals surface area contributed by atoms with Crippen LogP contribution in [0.3, 0.4) is 0 Å². The number of hydrogen-bond donors (Lipinski definition) is 3. The highest BCUT2D eigenvalue weighted by molar-refractivity contribution is 8.13. The lowest BCUT2D eigenvalue weighted by molar-refractivity contribution is -0.151. The number of benzene rings is 2. The van der Waals surface area contributed by atoms with Crippen molar-refractivity contribution in [3.63, 3.8) is 0 Å². The van der Waals surface area contributed by atoms with Crippen molar-refractivity contribution in [3.8, 4) is 0 Å². The van der Waals surface area contributed by atoms with Gasteiger partial charge in [0.25, 0.3) is 11.8 Å². The van der Waals surface area contributed by atoms with Crippen molar-refractivity contribution < 1.29 is 28.7 Å². The van der Waals surface area contributed by atoms with Crippen LogP contribution in [0, 0.1) is 0 Å². The van der Waals surface area contributed by atoms with Gasteiger partial charge in [-0.05, 0) is 42.2 Å². The summed E-state index contributed by atoms with van der Waals surface area (Å²) in [5.41, 5.74) is 0.877. The predicted molar refractivity (Wildman–Crippen MR) is 194 cm³/mol. The smallest absolute Gasteiger partial charge is 0.329 e. The molecule has 2 aromatic carbocycles. The fourth-order valence-corrected chi connectivity index (χ4v) is 6.79. The van der Waals surface area contributed by atoms with E-state index in [0.29, 0.717) is 23.6 Å². The highest BCUT2D eigenvalue weighted by Gasteiger charge is 2.29. The summed E-state index contributed by atoms with van der Waals surface area (Å²) >= 11 is 2.49. The first kappa shape index (κ1) is 37.5. The Kier molecular flexibility index (Phi) is 15.0. The number of hydrogen-bond acceptors (Lipinski definition) is 9. The maximum Gasteiger partial charge on any atom is 0.329 e. The number of carbonyl (C=O) groups is 5. The van der Waals surface area contributed by atoms with Crippen molar-refractivity contribution in [3.05, 3.63) is 88.0 Å². The molecule has 3 amide bonds. The number of nitrogens with one attached hydrogen (secondary N) is 3. The number of amides is 3. The van der Waals surface area contributed by atoms with Gasteiger partial charge in [-0.2, -0.15) is 0 Å². The summed E-state index contributed by atoms with van der Waals surface area (Å²) in [5.74, 6) is -1.80. The van der Waals surface area contributed by atoms with Crippen molar-refractivity contribution >= 4 is 62.7 Å². The lowest BCUT2D eigenvalue weighted by Gasteiger charge is -2.22. The van der Waals surface area contributed by atoms with Crippen LogP contribution in [0.25, 0.3) is 10.8 Å². The van der Waals surface area contributed by atoms with E-state index in [2.05, 4.69) is 27.9 Å². The summed E-state index contributed by atoms with van der Waals surface area (Å²) in [6.07, 6.45) is 10.5. The van der Waals surface area contributed by atoms with E-state index in [1.54, 1.807) is 18.4 Å². The number of thiazole rings is 1. The van der Waals surface area contributed by atoms with Gasteiger partial charge in [-0.1, -0.05) is 99.0 Å². The Balaban J connectivity index is 1.53. The fourth-order valence-electron chi connectivity index (χ4n) is 5.31. The fraction of sp³-hybridized carbons (Fsp3) is 0.405. The van der Waals surface area contributed by atoms with Crippen molar-refractivity contribution in [2.24, 2.45) is 0 Å². The van der Waals surface area contributed by atoms with E-state index >= 15 is 0 Å². The first-order valence-corrected chi connectivity index (χ1v) is 18.6. The van der Waals surface area contributed by atoms with Crippen LogP contribution in [0.2, 0.25) is 0 Å². The molecule has 2 atom stereocenters. The van der Waals surface area contributed by atoms with Gasteiger partial charge in [-0.3, -0.25) is 19.2 Å². The third-order valence-corrected chi connectivity index (χ3v) is 9.75. The van der Waals surface area contributed by atoms with E-state index in [-0.39, 0.29) is 41.8 Å². The molecule has 1 aliphatic rings. The second kappa shape index (κ2) is 19.6. The number of allylic oxidation sites excluding steroid dienone is 2. The zero-order valence-electron chi connectivity index (χ0n) is 28.0. The minimum atomic E-state index is -1.14. The average Bonchev–Trinajstić information content (AvgIpc) is 3.58. The van der Waals surface area contributed by atoms with Gasteiger partial charge < -0.3 is 20.7 Å². The van der Waals surface area contributed by atoms with Gasteiger partial charge >= 0.3 is 5.97 Å². The minimum Gasteiger partial charge on any atom is -0.456 e. The van der Waals surface area contributed by atoms with Gasteiger partial charge in [0, 0.05) is 24.0 Å². The molecule has 3 aromatic rings. The number of thioether (sulfide) groups is 1. The van der Waals surface area contributed by atoms with Crippen LogP contribution in [0.1, 0.15) is 86.3 Å². The number of cyclic esters (lactones) is 1. The number of esters is 1. The molecule has 1 aromatic heterocycles. The highest BCUT2D eigenvalue weighted by atomic mass is 32.2. The lowest BCUT2D eigenvalue weighted by Crippen LogP contribution is -2.47. The molecule has 260 valence electrons. The molecule has 2 heterocycles. The summed E-state index contributed by atoms with van der Waals surface area (Å²) in [7, 11) is 0. The molecule has 0 radical (unpaired) electrons. The minimum absolute atomic E-state index is 0.0416. The maximum atomic E-state index is 13.8. The van der Waals surface area contributed by atoms with Gasteiger partial charge in [0.1, 0.15) is 28.5 Å². The predicted octanol–water partition coefficient (Wildman–Crippen LogP) is 6.16. The molecule has 4 rings (SSSR count). The molecule has 0 spiro atoms. The van der Waals surface area contributed by atoms with E-state index in [4.69, 9.17) is 4.74 Å². The van der Waals surface area contributed by atoms with Gasteiger partial charge in [-0.25, -0.2) is 9.78 Å². The largest absolute Gasteiger partial charge is 0.456 e. The number of nitrogens with zero attached hydrogens (tertiary/aromatic N) is 1. The first-order valence-electron chi connectivity index (χ1n) is 16.8. The summed E-state index contributed by atoms with van der Waals surface area (Å²) in [6, 6.07) is 12.3. The van der Waals surface area contributed by atoms with Crippen molar-refractivity contribution in [2.75, 3.05) is 5.75 Å². The van der Waals surface area contributed by atoms with E-state index in [0.717, 1.165) is 42.0 Å². The van der Waals surface area contributed by atoms with Gasteiger partial charge in [-0.15, -0.1) is 11.3 Å². The SMILES string of the molecule is C/C=C1\NC(=O)c2csc(n2)CNC(=O)C[C@@H](/C=C/CCSC(=O)CCCCCCC)OC(=O)[C@H](Cc2cccc3ccccc23)NC1=O. The summed E-state index contributed by atoms with van der Waals surface area (Å²) < 4.78 is 5.90. The summed E-state index contributed by atoms with van der Waals surface area (Å²) in [6.45, 7) is 3.85. The third-order valence-electron chi connectivity index (χ3n) is 7.93. The number of ether oxygens (including phenoxy) is 1. The Morgan fingerprint density at radius 3 is 2.65 bits per heavy atom. The molecule has 2 bridgehead atoms. The number of fused-ring (bicyclic) bond motifs is 3. The van der Waals surface area contributed by atoms with Crippen LogP contribution in [-0.4, -0.2) is 51.7 Å². The summed E-state index contributed by atoms with van der Waals surface area (Å²) in [5, 5.41) is 12.2. The van der Waals surface area contributed by atoms with Crippen LogP contribution in [0.4, 0.5) is 0 Å². The molecular formula is C37H44N4O6S2. The second-order valence-corrected chi connectivity index (χ2v) is 13.8. The quantitative estimate of drug-likeness (QED) is 0.0882. The normalized spacial score (nSPS) is 18.7. The van der Waals surface area contributed by atoms with Crippen LogP contribution in [-0.2, 0) is 36.9 Å². The monoisotopic (exact) mass is 704 g/mol. The lowest BCUT2D eigenvalue weighted by atomic mass is 9.98. The van der Waals surface area contributed by atoms with Crippen LogP contribution < -0.4 is 16.0 Å². The summed E-state index contributed by atoms with van der Waals surface area (Å²) in [4.78, 5) is 69.8. The Morgan fingerprint density at radius 2 is 1.84 bits per heavy atom. The maximum absolute atomic E-state index is 13.8. The Morgan fingerprint density at radius 1 is 1.04 bits per heavy atom. The molecule has 0 aliphatic carbocycles. The molecule has 0 saturated heterocycles. The van der Waals surface area contributed by atoms with Crippen molar-refractivity contribution in [1.82, 2.24) is 20.9 Å². The topological polar surface area (TPSA) is 144 Å². The Labute approximate surface area is 295 Å². The number of unbranched alkanes of at least 4 members (excludes halogenated alkanes) is 4. The Hall–Kier alpha value is -4.29. The van der Waals surface area contributed by atoms with Gasteiger partial charge in [0.15, 0.2) is 5.12 Å². The molecule has 0 unspecified atom stereocenters. The van der Waals surface area contributed by atoms with Crippen molar-refractivity contribution in [2.45, 2.75) is 90.3 Å². The third kappa shape index (κ3) is 12.0. The second-order valence-electron chi connectivity index (χ2n) is 11.7. The molecule has 49 heavy (non-hydrogen) atoms. The zero-order chi connectivity index (χ0) is 35.0.